The van der Waals surface area contributed by atoms with E-state index in [9.17, 15) is 0 Å². The molecule has 110 valence electrons. The molecule has 1 aliphatic rings. The molecule has 0 amide bonds. The molecule has 2 aromatic rings. The van der Waals surface area contributed by atoms with Crippen molar-refractivity contribution in [2.75, 3.05) is 0 Å². The Morgan fingerprint density at radius 1 is 1.05 bits per heavy atom. The van der Waals surface area contributed by atoms with Gasteiger partial charge in [-0.05, 0) is 0 Å². The molecule has 0 radical (unpaired) electrons. The van der Waals surface area contributed by atoms with E-state index in [0.717, 1.165) is 25.5 Å². The predicted molar refractivity (Wildman–Crippen MR) is 96.5 cm³/mol. The molecule has 0 bridgehead atoms. The van der Waals surface area contributed by atoms with Crippen molar-refractivity contribution in [3.8, 4) is 11.1 Å². The maximum atomic E-state index is 8.61. The SMILES string of the molecule is [2H]C([2H])(c1ccc2[c](c1)[Ge]([CH3])([C]([2H])([2H])[2H])[c]1cc(C)ccc1-2)C(C)(C)C. The van der Waals surface area contributed by atoms with Crippen LogP contribution in [0.5, 0.6) is 0 Å². The van der Waals surface area contributed by atoms with Gasteiger partial charge >= 0.3 is 138 Å². The number of hydrogen-bond acceptors (Lipinski definition) is 0. The molecule has 1 heterocycles. The third kappa shape index (κ3) is 2.59. The van der Waals surface area contributed by atoms with E-state index >= 15 is 0 Å². The third-order valence-electron chi connectivity index (χ3n) is 4.08. The summed E-state index contributed by atoms with van der Waals surface area (Å²) < 4.78 is 44.1. The molecule has 0 nitrogen and oxygen atoms in total. The van der Waals surface area contributed by atoms with E-state index in [1.54, 1.807) is 0 Å². The fourth-order valence-electron chi connectivity index (χ4n) is 3.16. The number of aryl methyl sites for hydroxylation is 1. The van der Waals surface area contributed by atoms with Crippen molar-refractivity contribution >= 4 is 22.1 Å². The van der Waals surface area contributed by atoms with Gasteiger partial charge in [0.15, 0.2) is 0 Å². The molecule has 1 atom stereocenters. The van der Waals surface area contributed by atoms with Crippen LogP contribution in [0.4, 0.5) is 0 Å². The first-order chi connectivity index (χ1) is 11.7. The summed E-state index contributed by atoms with van der Waals surface area (Å²) in [5, 5.41) is 0. The normalized spacial score (nSPS) is 25.1. The fraction of sp³-hybridized carbons (Fsp3) is 0.400. The first-order valence-electron chi connectivity index (χ1n) is 9.98. The van der Waals surface area contributed by atoms with Gasteiger partial charge in [-0.15, -0.1) is 0 Å². The molecule has 3 rings (SSSR count). The Hall–Kier alpha value is -1.02. The van der Waals surface area contributed by atoms with E-state index in [0.29, 0.717) is 5.56 Å². The minimum atomic E-state index is -3.64. The zero-order chi connectivity index (χ0) is 19.7. The maximum absolute atomic E-state index is 8.61. The van der Waals surface area contributed by atoms with E-state index in [4.69, 9.17) is 6.85 Å². The molecule has 1 aliphatic heterocycles. The van der Waals surface area contributed by atoms with E-state index in [1.165, 1.54) is 0 Å². The molecular weight excluding hydrogens is 313 g/mol. The summed E-state index contributed by atoms with van der Waals surface area (Å²) in [7, 11) is 0. The summed E-state index contributed by atoms with van der Waals surface area (Å²) in [6.07, 6.45) is -1.54. The first-order valence-corrected chi connectivity index (χ1v) is 12.7. The zero-order valence-corrected chi connectivity index (χ0v) is 15.6. The first kappa shape index (κ1) is 9.89. The van der Waals surface area contributed by atoms with Gasteiger partial charge < -0.3 is 0 Å². The number of hydrogen-bond donors (Lipinski definition) is 0. The van der Waals surface area contributed by atoms with Gasteiger partial charge in [0.1, 0.15) is 0 Å². The molecule has 2 aromatic carbocycles. The molecule has 1 heteroatoms. The summed E-state index contributed by atoms with van der Waals surface area (Å²) >= 11 is -3.64. The van der Waals surface area contributed by atoms with Crippen LogP contribution in [-0.2, 0) is 6.37 Å². The molecule has 0 aliphatic carbocycles. The zero-order valence-electron chi connectivity index (χ0n) is 18.5. The van der Waals surface area contributed by atoms with E-state index < -0.39 is 30.7 Å². The van der Waals surface area contributed by atoms with Crippen molar-refractivity contribution in [1.29, 1.82) is 0 Å². The Morgan fingerprint density at radius 2 is 1.67 bits per heavy atom. The van der Waals surface area contributed by atoms with Crippen LogP contribution >= 0.6 is 0 Å². The van der Waals surface area contributed by atoms with Crippen LogP contribution in [0.2, 0.25) is 11.4 Å². The Morgan fingerprint density at radius 3 is 2.29 bits per heavy atom. The Labute approximate surface area is 139 Å². The standard InChI is InChI=1S/C20H26Ge/c1-14-7-9-16-17-10-8-15(13-20(2,3)4)12-19(17)21(5,6)18(16)11-14/h7-12H,13H2,1-6H3/i5D3,13D2. The number of fused-ring (bicyclic) bond motifs is 3. The quantitative estimate of drug-likeness (QED) is 0.674. The van der Waals surface area contributed by atoms with E-state index in [2.05, 4.69) is 0 Å². The second-order valence-corrected chi connectivity index (χ2v) is 14.3. The molecule has 0 fully saturated rings. The van der Waals surface area contributed by atoms with Crippen LogP contribution in [0, 0.1) is 12.3 Å². The van der Waals surface area contributed by atoms with Gasteiger partial charge in [-0.3, -0.25) is 0 Å². The summed E-state index contributed by atoms with van der Waals surface area (Å²) in [5.74, 6) is 1.95. The van der Waals surface area contributed by atoms with Crippen molar-refractivity contribution < 1.29 is 6.85 Å². The van der Waals surface area contributed by atoms with Gasteiger partial charge in [-0.1, -0.05) is 0 Å². The Kier molecular flexibility index (Phi) is 2.23. The van der Waals surface area contributed by atoms with Crippen LogP contribution in [0.1, 0.15) is 38.8 Å². The van der Waals surface area contributed by atoms with Crippen molar-refractivity contribution in [2.45, 2.75) is 45.5 Å². The fourth-order valence-corrected chi connectivity index (χ4v) is 8.95. The number of benzene rings is 2. The van der Waals surface area contributed by atoms with Gasteiger partial charge in [-0.2, -0.15) is 0 Å². The van der Waals surface area contributed by atoms with Crippen LogP contribution in [0.25, 0.3) is 11.1 Å². The van der Waals surface area contributed by atoms with Crippen molar-refractivity contribution in [3.63, 3.8) is 0 Å². The Bertz CT molecular complexity index is 877. The van der Waals surface area contributed by atoms with Crippen LogP contribution in [0.3, 0.4) is 0 Å². The topological polar surface area (TPSA) is 0 Å². The van der Waals surface area contributed by atoms with Crippen LogP contribution in [0.15, 0.2) is 36.4 Å². The summed E-state index contributed by atoms with van der Waals surface area (Å²) in [6, 6.07) is 11.7. The molecule has 0 saturated heterocycles. The van der Waals surface area contributed by atoms with Crippen molar-refractivity contribution in [1.82, 2.24) is 0 Å². The molecule has 21 heavy (non-hydrogen) atoms. The summed E-state index contributed by atoms with van der Waals surface area (Å²) in [5.41, 5.74) is 1.03. The van der Waals surface area contributed by atoms with Gasteiger partial charge in [0, 0.05) is 0 Å². The minimum absolute atomic E-state index is 0.577. The molecule has 1 unspecified atom stereocenters. The average Bonchev–Trinajstić information content (AvgIpc) is 2.75. The second-order valence-electron chi connectivity index (χ2n) is 7.31. The molecule has 0 saturated carbocycles. The molecule has 0 spiro atoms. The summed E-state index contributed by atoms with van der Waals surface area (Å²) in [4.78, 5) is 0. The van der Waals surface area contributed by atoms with E-state index in [1.807, 2.05) is 69.8 Å². The molecular formula is C20H26Ge. The van der Waals surface area contributed by atoms with E-state index in [-0.39, 0.29) is 0 Å². The predicted octanol–water partition coefficient (Wildman–Crippen LogP) is 4.39. The van der Waals surface area contributed by atoms with Gasteiger partial charge in [0.05, 0.1) is 0 Å². The second kappa shape index (κ2) is 4.74. The van der Waals surface area contributed by atoms with Crippen LogP contribution < -0.4 is 8.79 Å². The third-order valence-corrected chi connectivity index (χ3v) is 10.3. The van der Waals surface area contributed by atoms with Crippen molar-refractivity contribution in [3.05, 3.63) is 47.5 Å². The van der Waals surface area contributed by atoms with Gasteiger partial charge in [-0.25, -0.2) is 0 Å². The number of rotatable bonds is 1. The molecule has 0 aromatic heterocycles. The average molecular weight is 344 g/mol. The van der Waals surface area contributed by atoms with Gasteiger partial charge in [0.2, 0.25) is 0 Å². The van der Waals surface area contributed by atoms with Crippen LogP contribution in [-0.4, -0.2) is 13.3 Å². The summed E-state index contributed by atoms with van der Waals surface area (Å²) in [6.45, 7) is 7.63. The van der Waals surface area contributed by atoms with Crippen molar-refractivity contribution in [2.24, 2.45) is 5.41 Å². The molecule has 0 N–H and O–H groups in total. The Balaban J connectivity index is 2.32. The monoisotopic (exact) mass is 345 g/mol. The van der Waals surface area contributed by atoms with Gasteiger partial charge in [0.25, 0.3) is 0 Å².